The quantitative estimate of drug-likeness (QED) is 0.807. The number of halogens is 1. The van der Waals surface area contributed by atoms with Gasteiger partial charge >= 0.3 is 0 Å². The summed E-state index contributed by atoms with van der Waals surface area (Å²) in [6.07, 6.45) is 1.96. The first-order valence-electron chi connectivity index (χ1n) is 6.50. The maximum absolute atomic E-state index is 11.6. The number of methoxy groups -OCH3 is 1. The molecule has 0 saturated heterocycles. The number of primary amides is 1. The van der Waals surface area contributed by atoms with Crippen LogP contribution in [0.3, 0.4) is 0 Å². The fourth-order valence-electron chi connectivity index (χ4n) is 2.03. The smallest absolute Gasteiger partial charge is 0.245 e. The van der Waals surface area contributed by atoms with Crippen LogP contribution in [0.4, 0.5) is 0 Å². The number of carbonyl (C=O) groups excluding carboxylic acids is 1. The van der Waals surface area contributed by atoms with Gasteiger partial charge in [0.15, 0.2) is 11.2 Å². The molecule has 2 aromatic heterocycles. The number of aromatic nitrogens is 4. The molecule has 0 aliphatic rings. The first-order valence-corrected chi connectivity index (χ1v) is 7.04. The molecule has 0 saturated carbocycles. The van der Waals surface area contributed by atoms with E-state index in [0.29, 0.717) is 35.9 Å². The third-order valence-electron chi connectivity index (χ3n) is 3.31. The predicted molar refractivity (Wildman–Crippen MR) is 79.3 cm³/mol. The number of carbonyl (C=O) groups is 1. The molecular weight excluding hydrogens is 294 g/mol. The normalized spacial score (nSPS) is 11.8. The Hall–Kier alpha value is -1.89. The van der Waals surface area contributed by atoms with Crippen LogP contribution in [0.5, 0.6) is 5.88 Å². The van der Waals surface area contributed by atoms with Crippen molar-refractivity contribution in [2.75, 3.05) is 13.0 Å². The third kappa shape index (κ3) is 2.92. The summed E-state index contributed by atoms with van der Waals surface area (Å²) in [6.45, 7) is 3.93. The highest BCUT2D eigenvalue weighted by molar-refractivity contribution is 6.17. The minimum absolute atomic E-state index is 0.366. The molecule has 0 fully saturated rings. The second-order valence-electron chi connectivity index (χ2n) is 5.36. The zero-order chi connectivity index (χ0) is 15.6. The number of alkyl halides is 1. The van der Waals surface area contributed by atoms with Gasteiger partial charge in [-0.2, -0.15) is 4.98 Å². The largest absolute Gasteiger partial charge is 0.479 e. The molecule has 0 unspecified atom stereocenters. The van der Waals surface area contributed by atoms with Gasteiger partial charge in [0, 0.05) is 18.8 Å². The molecule has 0 aliphatic heterocycles. The Bertz CT molecular complexity index is 668. The SMILES string of the molecule is COc1ncnc2c1nc(CCCl)n2CC(C)(C)C(N)=O. The van der Waals surface area contributed by atoms with E-state index >= 15 is 0 Å². The molecule has 2 heterocycles. The Labute approximate surface area is 127 Å². The number of fused-ring (bicyclic) bond motifs is 1. The Morgan fingerprint density at radius 3 is 2.76 bits per heavy atom. The highest BCUT2D eigenvalue weighted by Gasteiger charge is 2.28. The van der Waals surface area contributed by atoms with Gasteiger partial charge in [-0.25, -0.2) is 9.97 Å². The van der Waals surface area contributed by atoms with Gasteiger partial charge in [0.2, 0.25) is 11.8 Å². The van der Waals surface area contributed by atoms with E-state index < -0.39 is 5.41 Å². The van der Waals surface area contributed by atoms with Gasteiger partial charge in [0.1, 0.15) is 12.2 Å². The minimum Gasteiger partial charge on any atom is -0.479 e. The molecule has 7 nitrogen and oxygen atoms in total. The highest BCUT2D eigenvalue weighted by atomic mass is 35.5. The predicted octanol–water partition coefficient (Wildman–Crippen LogP) is 1.13. The van der Waals surface area contributed by atoms with E-state index in [4.69, 9.17) is 22.1 Å². The first kappa shape index (κ1) is 15.5. The van der Waals surface area contributed by atoms with Crippen LogP contribution in [-0.4, -0.2) is 38.4 Å². The summed E-state index contributed by atoms with van der Waals surface area (Å²) in [4.78, 5) is 24.4. The average Bonchev–Trinajstić information content (AvgIpc) is 2.76. The van der Waals surface area contributed by atoms with Gasteiger partial charge in [0.05, 0.1) is 12.5 Å². The maximum Gasteiger partial charge on any atom is 0.245 e. The van der Waals surface area contributed by atoms with Crippen molar-refractivity contribution in [1.82, 2.24) is 19.5 Å². The van der Waals surface area contributed by atoms with Gasteiger partial charge in [-0.05, 0) is 13.8 Å². The molecule has 8 heteroatoms. The van der Waals surface area contributed by atoms with Gasteiger partial charge < -0.3 is 15.0 Å². The van der Waals surface area contributed by atoms with Crippen LogP contribution in [0.25, 0.3) is 11.2 Å². The number of ether oxygens (including phenoxy) is 1. The molecule has 0 bridgehead atoms. The van der Waals surface area contributed by atoms with Crippen molar-refractivity contribution in [3.8, 4) is 5.88 Å². The summed E-state index contributed by atoms with van der Waals surface area (Å²) >= 11 is 5.83. The standard InChI is InChI=1S/C13H18ClN5O2/c1-13(2,12(15)20)6-19-8(4-5-14)18-9-10(19)16-7-17-11(9)21-3/h7H,4-6H2,1-3H3,(H2,15,20). The van der Waals surface area contributed by atoms with Crippen molar-refractivity contribution in [2.24, 2.45) is 11.1 Å². The molecule has 0 aromatic carbocycles. The van der Waals surface area contributed by atoms with Crippen LogP contribution >= 0.6 is 11.6 Å². The Morgan fingerprint density at radius 2 is 2.19 bits per heavy atom. The van der Waals surface area contributed by atoms with Crippen LogP contribution in [0.1, 0.15) is 19.7 Å². The minimum atomic E-state index is -0.729. The first-order chi connectivity index (χ1) is 9.90. The second kappa shape index (κ2) is 5.85. The molecule has 0 aliphatic carbocycles. The van der Waals surface area contributed by atoms with E-state index in [1.54, 1.807) is 13.8 Å². The van der Waals surface area contributed by atoms with Crippen molar-refractivity contribution in [2.45, 2.75) is 26.8 Å². The number of nitrogens with zero attached hydrogens (tertiary/aromatic N) is 4. The molecule has 1 amide bonds. The Kier molecular flexibility index (Phi) is 4.32. The van der Waals surface area contributed by atoms with Crippen LogP contribution in [0.2, 0.25) is 0 Å². The molecule has 0 atom stereocenters. The van der Waals surface area contributed by atoms with Crippen molar-refractivity contribution in [3.63, 3.8) is 0 Å². The topological polar surface area (TPSA) is 95.9 Å². The molecule has 0 radical (unpaired) electrons. The maximum atomic E-state index is 11.6. The lowest BCUT2D eigenvalue weighted by Gasteiger charge is -2.22. The Balaban J connectivity index is 2.59. The number of imidazole rings is 1. The van der Waals surface area contributed by atoms with Crippen molar-refractivity contribution >= 4 is 28.7 Å². The monoisotopic (exact) mass is 311 g/mol. The van der Waals surface area contributed by atoms with Gasteiger partial charge in [-0.15, -0.1) is 11.6 Å². The van der Waals surface area contributed by atoms with Crippen molar-refractivity contribution < 1.29 is 9.53 Å². The highest BCUT2D eigenvalue weighted by Crippen LogP contribution is 2.26. The molecule has 2 aromatic rings. The lowest BCUT2D eigenvalue weighted by molar-refractivity contribution is -0.126. The van der Waals surface area contributed by atoms with Gasteiger partial charge in [-0.1, -0.05) is 0 Å². The van der Waals surface area contributed by atoms with E-state index in [0.717, 1.165) is 5.82 Å². The molecule has 2 N–H and O–H groups in total. The zero-order valence-electron chi connectivity index (χ0n) is 12.3. The van der Waals surface area contributed by atoms with Gasteiger partial charge in [0.25, 0.3) is 0 Å². The molecule has 21 heavy (non-hydrogen) atoms. The van der Waals surface area contributed by atoms with Crippen molar-refractivity contribution in [3.05, 3.63) is 12.2 Å². The van der Waals surface area contributed by atoms with E-state index in [9.17, 15) is 4.79 Å². The lowest BCUT2D eigenvalue weighted by atomic mass is 9.92. The van der Waals surface area contributed by atoms with E-state index in [1.807, 2.05) is 4.57 Å². The summed E-state index contributed by atoms with van der Waals surface area (Å²) in [5.74, 6) is 1.15. The van der Waals surface area contributed by atoms with E-state index in [2.05, 4.69) is 15.0 Å². The van der Waals surface area contributed by atoms with E-state index in [-0.39, 0.29) is 5.91 Å². The number of rotatable bonds is 6. The van der Waals surface area contributed by atoms with Crippen molar-refractivity contribution in [1.29, 1.82) is 0 Å². The summed E-state index contributed by atoms with van der Waals surface area (Å²) in [6, 6.07) is 0. The fraction of sp³-hybridized carbons (Fsp3) is 0.538. The number of aryl methyl sites for hydroxylation is 1. The van der Waals surface area contributed by atoms with Crippen LogP contribution in [0.15, 0.2) is 6.33 Å². The summed E-state index contributed by atoms with van der Waals surface area (Å²) < 4.78 is 7.05. The number of nitrogens with two attached hydrogens (primary N) is 1. The van der Waals surface area contributed by atoms with Crippen LogP contribution in [-0.2, 0) is 17.8 Å². The summed E-state index contributed by atoms with van der Waals surface area (Å²) in [5, 5.41) is 0. The molecular formula is C13H18ClN5O2. The average molecular weight is 312 g/mol. The lowest BCUT2D eigenvalue weighted by Crippen LogP contribution is -2.35. The van der Waals surface area contributed by atoms with Crippen LogP contribution in [0, 0.1) is 5.41 Å². The third-order valence-corrected chi connectivity index (χ3v) is 3.50. The number of hydrogen-bond acceptors (Lipinski definition) is 5. The molecule has 114 valence electrons. The zero-order valence-corrected chi connectivity index (χ0v) is 13.0. The fourth-order valence-corrected chi connectivity index (χ4v) is 2.19. The van der Waals surface area contributed by atoms with Crippen LogP contribution < -0.4 is 10.5 Å². The Morgan fingerprint density at radius 1 is 1.48 bits per heavy atom. The number of hydrogen-bond donors (Lipinski definition) is 1. The number of amides is 1. The van der Waals surface area contributed by atoms with E-state index in [1.165, 1.54) is 13.4 Å². The molecule has 2 rings (SSSR count). The summed E-state index contributed by atoms with van der Waals surface area (Å²) in [5.41, 5.74) is 5.89. The van der Waals surface area contributed by atoms with Gasteiger partial charge in [-0.3, -0.25) is 4.79 Å². The summed E-state index contributed by atoms with van der Waals surface area (Å²) in [7, 11) is 1.52. The molecule has 0 spiro atoms. The second-order valence-corrected chi connectivity index (χ2v) is 5.73.